The minimum atomic E-state index is -2.42. The van der Waals surface area contributed by atoms with Crippen molar-refractivity contribution in [2.45, 2.75) is 180 Å². The van der Waals surface area contributed by atoms with E-state index in [0.717, 1.165) is 18.4 Å². The zero-order valence-corrected chi connectivity index (χ0v) is 38.4. The minimum Gasteiger partial charge on any atom is -0.460 e. The third-order valence-corrected chi connectivity index (χ3v) is 13.9. The summed E-state index contributed by atoms with van der Waals surface area (Å²) in [6, 6.07) is -1.13. The fourth-order valence-electron chi connectivity index (χ4n) is 9.61. The van der Waals surface area contributed by atoms with E-state index in [0.29, 0.717) is 57.8 Å². The Balaban J connectivity index is 1.68. The number of rotatable bonds is 4. The maximum absolute atomic E-state index is 14.2. The Morgan fingerprint density at radius 3 is 2.23 bits per heavy atom. The first kappa shape index (κ1) is 51.3. The molecule has 4 aliphatic rings. The first-order valence-corrected chi connectivity index (χ1v) is 23.1. The number of fused-ring (bicyclic) bond motifs is 3. The van der Waals surface area contributed by atoms with Gasteiger partial charge in [-0.3, -0.25) is 19.2 Å². The number of piperidine rings is 1. The number of hydrogen-bond acceptors (Lipinski definition) is 12. The molecule has 1 saturated carbocycles. The number of Topliss-reactive ketones (excluding diaryl/α,β-unsaturated/α-hetero) is 3. The highest BCUT2D eigenvalue weighted by molar-refractivity contribution is 6.39. The highest BCUT2D eigenvalue weighted by Gasteiger charge is 2.53. The largest absolute Gasteiger partial charge is 0.460 e. The van der Waals surface area contributed by atoms with Crippen LogP contribution in [-0.2, 0) is 38.2 Å². The first-order valence-electron chi connectivity index (χ1n) is 23.1. The van der Waals surface area contributed by atoms with Gasteiger partial charge in [-0.25, -0.2) is 4.79 Å². The summed E-state index contributed by atoms with van der Waals surface area (Å²) in [5, 5.41) is 44.1. The zero-order chi connectivity index (χ0) is 45.9. The van der Waals surface area contributed by atoms with E-state index in [1.54, 1.807) is 34.8 Å². The molecule has 2 bridgehead atoms. The number of ether oxygens (including phenoxy) is 3. The molecule has 0 radical (unpaired) electrons. The second kappa shape index (κ2) is 23.6. The average Bonchev–Trinajstić information content (AvgIpc) is 3.25. The van der Waals surface area contributed by atoms with Crippen LogP contribution in [-0.4, -0.2) is 117 Å². The monoisotopic (exact) mass is 870 g/mol. The highest BCUT2D eigenvalue weighted by atomic mass is 16.6. The molecule has 2 saturated heterocycles. The van der Waals surface area contributed by atoms with Crippen LogP contribution >= 0.6 is 0 Å². The third kappa shape index (κ3) is 13.6. The number of methoxy groups -OCH3 is 1. The predicted octanol–water partition coefficient (Wildman–Crippen LogP) is 5.90. The molecule has 3 heterocycles. The van der Waals surface area contributed by atoms with Gasteiger partial charge in [-0.2, -0.15) is 0 Å². The van der Waals surface area contributed by atoms with Crippen LogP contribution in [0.4, 0.5) is 0 Å². The first-order chi connectivity index (χ1) is 29.3. The summed E-state index contributed by atoms with van der Waals surface area (Å²) in [6.07, 6.45) is 11.8. The lowest BCUT2D eigenvalue weighted by molar-refractivity contribution is -0.265. The molecule has 13 heteroatoms. The number of ketones is 3. The van der Waals surface area contributed by atoms with E-state index in [2.05, 4.69) is 0 Å². The number of nitrogens with zero attached hydrogens (tertiary/aromatic N) is 1. The average molecular weight is 870 g/mol. The summed E-state index contributed by atoms with van der Waals surface area (Å²) in [6.45, 7) is 12.5. The zero-order valence-electron chi connectivity index (χ0n) is 38.4. The van der Waals surface area contributed by atoms with Crippen molar-refractivity contribution < 1.29 is 58.6 Å². The Kier molecular flexibility index (Phi) is 19.5. The summed E-state index contributed by atoms with van der Waals surface area (Å²) in [7, 11) is 1.57. The second-order valence-electron chi connectivity index (χ2n) is 19.0. The van der Waals surface area contributed by atoms with Crippen LogP contribution in [0.5, 0.6) is 0 Å². The Bertz CT molecular complexity index is 1680. The van der Waals surface area contributed by atoms with Gasteiger partial charge in [0.15, 0.2) is 5.78 Å². The molecule has 0 aromatic heterocycles. The smallest absolute Gasteiger partial charge is 0.329 e. The van der Waals surface area contributed by atoms with Gasteiger partial charge in [0.25, 0.3) is 11.7 Å². The Labute approximate surface area is 369 Å². The fourth-order valence-corrected chi connectivity index (χ4v) is 9.61. The molecule has 12 atom stereocenters. The van der Waals surface area contributed by atoms with Crippen molar-refractivity contribution in [2.24, 2.45) is 35.5 Å². The number of carbonyl (C=O) groups excluding carboxylic acids is 5. The molecular weight excluding hydrogens is 795 g/mol. The third-order valence-electron chi connectivity index (χ3n) is 13.9. The Morgan fingerprint density at radius 1 is 0.855 bits per heavy atom. The summed E-state index contributed by atoms with van der Waals surface area (Å²) in [5.41, 5.74) is 1.13. The van der Waals surface area contributed by atoms with Gasteiger partial charge < -0.3 is 39.5 Å². The lowest BCUT2D eigenvalue weighted by atomic mass is 9.79. The molecule has 0 aromatic rings. The number of hydrogen-bond donors (Lipinski definition) is 4. The van der Waals surface area contributed by atoms with Crippen molar-refractivity contribution in [3.8, 4) is 0 Å². The normalized spacial score (nSPS) is 40.6. The van der Waals surface area contributed by atoms with Gasteiger partial charge in [-0.15, -0.1) is 0 Å². The number of cyclic esters (lactones) is 1. The van der Waals surface area contributed by atoms with E-state index < -0.39 is 83.5 Å². The molecule has 13 nitrogen and oxygen atoms in total. The standard InChI is InChI=1S/C49H75NO12/c1-29-14-10-9-11-15-30(2)41(60-8)27-38-22-17-35(7)49(59,62-38)46(56)47(57)50-23-13-12-16-39(50)48(58)61-42(32(4)26-36-18-20-37(51)21-19-36)28-40(52)31(3)25-34(6)44(54)45(55)43(53)33(5)24-29/h9-11,14-15,25,29,31-33,35-39,41-42,44-45,51,54-55,59H,12-13,16-24,26-28H2,1-8H3/b11-9+,14-10+,30-15+,34-25+/t29-,31-,32-,33-,35-,36?,37?,38+,39+,41+,42?,44-,45+,49-/m1/s1. The van der Waals surface area contributed by atoms with Crippen molar-refractivity contribution in [1.82, 2.24) is 4.90 Å². The molecule has 62 heavy (non-hydrogen) atoms. The predicted molar refractivity (Wildman–Crippen MR) is 234 cm³/mol. The summed E-state index contributed by atoms with van der Waals surface area (Å²) in [5.74, 6) is -8.23. The summed E-state index contributed by atoms with van der Waals surface area (Å²) in [4.78, 5) is 70.9. The van der Waals surface area contributed by atoms with Gasteiger partial charge in [0.1, 0.15) is 30.1 Å². The quantitative estimate of drug-likeness (QED) is 0.149. The van der Waals surface area contributed by atoms with Crippen LogP contribution in [0.15, 0.2) is 47.6 Å². The molecule has 0 spiro atoms. The number of carbonyl (C=O) groups is 5. The fraction of sp³-hybridized carbons (Fsp3) is 0.735. The van der Waals surface area contributed by atoms with Gasteiger partial charge >= 0.3 is 5.97 Å². The highest BCUT2D eigenvalue weighted by Crippen LogP contribution is 2.37. The summed E-state index contributed by atoms with van der Waals surface area (Å²) >= 11 is 0. The van der Waals surface area contributed by atoms with Gasteiger partial charge in [0.2, 0.25) is 5.79 Å². The van der Waals surface area contributed by atoms with Crippen LogP contribution in [0.2, 0.25) is 0 Å². The van der Waals surface area contributed by atoms with Crippen molar-refractivity contribution in [1.29, 1.82) is 0 Å². The SMILES string of the molecule is CO[C@H]1C[C@@H]2CC[C@@H](C)[C@@](O)(O2)C(=O)C(=O)N2CCCC[C@H]2C(=O)OC([C@H](C)CC2CCC(O)CC2)CC(=O)[C@H](C)/C=C(\C)[C@@H](O)[C@@H](O)C(=O)[C@H](C)C[C@H](C)/C=C/C=C/C=C/1C. The number of allylic oxidation sites excluding steroid dienone is 6. The molecule has 1 aliphatic carbocycles. The van der Waals surface area contributed by atoms with Crippen LogP contribution in [0.1, 0.15) is 132 Å². The number of amides is 1. The topological polar surface area (TPSA) is 197 Å². The van der Waals surface area contributed by atoms with Crippen molar-refractivity contribution in [3.05, 3.63) is 47.6 Å². The Morgan fingerprint density at radius 2 is 1.55 bits per heavy atom. The second-order valence-corrected chi connectivity index (χ2v) is 19.0. The number of esters is 1. The van der Waals surface area contributed by atoms with Gasteiger partial charge in [0, 0.05) is 44.2 Å². The van der Waals surface area contributed by atoms with Gasteiger partial charge in [-0.05, 0) is 113 Å². The van der Waals surface area contributed by atoms with Crippen molar-refractivity contribution in [2.75, 3.05) is 13.7 Å². The molecule has 3 aliphatic heterocycles. The lowest BCUT2D eigenvalue weighted by Gasteiger charge is -2.42. The maximum atomic E-state index is 14.2. The van der Waals surface area contributed by atoms with Crippen molar-refractivity contribution in [3.63, 3.8) is 0 Å². The van der Waals surface area contributed by atoms with E-state index in [4.69, 9.17) is 14.2 Å². The van der Waals surface area contributed by atoms with E-state index >= 15 is 0 Å². The van der Waals surface area contributed by atoms with Gasteiger partial charge in [0.05, 0.1) is 18.3 Å². The van der Waals surface area contributed by atoms with E-state index in [9.17, 15) is 44.4 Å². The molecule has 1 unspecified atom stereocenters. The minimum absolute atomic E-state index is 0.0286. The van der Waals surface area contributed by atoms with Crippen molar-refractivity contribution >= 4 is 29.2 Å². The molecule has 0 aromatic carbocycles. The number of aliphatic hydroxyl groups is 4. The molecular formula is C49H75NO12. The number of aliphatic hydroxyl groups excluding tert-OH is 3. The summed E-state index contributed by atoms with van der Waals surface area (Å²) < 4.78 is 18.1. The molecule has 1 amide bonds. The molecule has 348 valence electrons. The van der Waals surface area contributed by atoms with Crippen LogP contribution < -0.4 is 0 Å². The molecule has 4 N–H and O–H groups in total. The van der Waals surface area contributed by atoms with Crippen LogP contribution in [0, 0.1) is 35.5 Å². The lowest BCUT2D eigenvalue weighted by Crippen LogP contribution is -2.61. The van der Waals surface area contributed by atoms with E-state index in [1.165, 1.54) is 11.0 Å². The van der Waals surface area contributed by atoms with Crippen LogP contribution in [0.3, 0.4) is 0 Å². The van der Waals surface area contributed by atoms with E-state index in [1.807, 2.05) is 51.2 Å². The molecule has 4 rings (SSSR count). The maximum Gasteiger partial charge on any atom is 0.329 e. The van der Waals surface area contributed by atoms with E-state index in [-0.39, 0.29) is 54.6 Å². The van der Waals surface area contributed by atoms with Crippen LogP contribution in [0.25, 0.3) is 0 Å². The Hall–Kier alpha value is -3.33. The molecule has 3 fully saturated rings. The van der Waals surface area contributed by atoms with Gasteiger partial charge in [-0.1, -0.05) is 71.1 Å².